The molecule has 1 aromatic heterocycles. The number of aryl methyl sites for hydroxylation is 1. The van der Waals surface area contributed by atoms with Crippen LogP contribution >= 0.6 is 23.1 Å². The summed E-state index contributed by atoms with van der Waals surface area (Å²) in [5, 5.41) is 3.65. The van der Waals surface area contributed by atoms with E-state index in [9.17, 15) is 4.79 Å². The molecule has 1 heterocycles. The lowest BCUT2D eigenvalue weighted by Gasteiger charge is -2.07. The van der Waals surface area contributed by atoms with Gasteiger partial charge >= 0.3 is 0 Å². The van der Waals surface area contributed by atoms with Gasteiger partial charge in [-0.05, 0) is 30.7 Å². The van der Waals surface area contributed by atoms with Crippen LogP contribution in [0.2, 0.25) is 0 Å². The topological polar surface area (TPSA) is 42.0 Å². The monoisotopic (exact) mass is 382 g/mol. The van der Waals surface area contributed by atoms with Crippen molar-refractivity contribution < 1.29 is 4.79 Å². The van der Waals surface area contributed by atoms with Gasteiger partial charge in [0.1, 0.15) is 0 Å². The van der Waals surface area contributed by atoms with Crippen LogP contribution in [0.3, 0.4) is 0 Å². The first kappa shape index (κ1) is 18.7. The first-order valence-electron chi connectivity index (χ1n) is 8.81. The summed E-state index contributed by atoms with van der Waals surface area (Å²) in [5.41, 5.74) is 2.75. The molecule has 0 spiro atoms. The average molecular weight is 383 g/mol. The van der Waals surface area contributed by atoms with Crippen LogP contribution in [0.5, 0.6) is 0 Å². The van der Waals surface area contributed by atoms with Crippen molar-refractivity contribution in [3.05, 3.63) is 65.0 Å². The molecule has 0 saturated heterocycles. The van der Waals surface area contributed by atoms with Gasteiger partial charge in [0.05, 0.1) is 11.3 Å². The van der Waals surface area contributed by atoms with Gasteiger partial charge in [-0.3, -0.25) is 10.1 Å². The molecule has 1 N–H and O–H groups in total. The second-order valence-corrected chi connectivity index (χ2v) is 8.03. The fourth-order valence-corrected chi connectivity index (χ4v) is 4.46. The third-order valence-electron chi connectivity index (χ3n) is 3.88. The molecule has 0 aliphatic carbocycles. The molecule has 5 heteroatoms. The Morgan fingerprint density at radius 1 is 1.08 bits per heavy atom. The number of aromatic nitrogens is 1. The van der Waals surface area contributed by atoms with Gasteiger partial charge in [-0.1, -0.05) is 56.3 Å². The van der Waals surface area contributed by atoms with Crippen molar-refractivity contribution in [2.24, 2.45) is 0 Å². The molecule has 1 amide bonds. The number of carbonyl (C=O) groups is 1. The highest BCUT2D eigenvalue weighted by molar-refractivity contribution is 7.99. The molecule has 3 nitrogen and oxygen atoms in total. The summed E-state index contributed by atoms with van der Waals surface area (Å²) in [6.45, 7) is 4.25. The van der Waals surface area contributed by atoms with E-state index in [1.54, 1.807) is 23.1 Å². The molecule has 3 aromatic rings. The predicted octanol–water partition coefficient (Wildman–Crippen LogP) is 6.13. The van der Waals surface area contributed by atoms with Gasteiger partial charge in [0.25, 0.3) is 5.91 Å². The van der Waals surface area contributed by atoms with Crippen molar-refractivity contribution in [3.63, 3.8) is 0 Å². The summed E-state index contributed by atoms with van der Waals surface area (Å²) in [7, 11) is 0. The number of amides is 1. The molecule has 26 heavy (non-hydrogen) atoms. The summed E-state index contributed by atoms with van der Waals surface area (Å²) < 4.78 is 0. The predicted molar refractivity (Wildman–Crippen MR) is 112 cm³/mol. The zero-order chi connectivity index (χ0) is 18.4. The van der Waals surface area contributed by atoms with E-state index in [1.165, 1.54) is 4.88 Å². The highest BCUT2D eigenvalue weighted by Crippen LogP contribution is 2.32. The normalized spacial score (nSPS) is 10.7. The molecule has 0 saturated carbocycles. The van der Waals surface area contributed by atoms with Crippen LogP contribution in [0.1, 0.15) is 35.5 Å². The minimum absolute atomic E-state index is 0.0970. The third-order valence-corrected chi connectivity index (χ3v) is 6.27. The van der Waals surface area contributed by atoms with Crippen molar-refractivity contribution in [2.75, 3.05) is 11.1 Å². The highest BCUT2D eigenvalue weighted by Gasteiger charge is 2.16. The van der Waals surface area contributed by atoms with Gasteiger partial charge in [-0.25, -0.2) is 4.98 Å². The summed E-state index contributed by atoms with van der Waals surface area (Å²) in [6, 6.07) is 17.9. The molecule has 0 aliphatic rings. The van der Waals surface area contributed by atoms with Crippen molar-refractivity contribution in [1.29, 1.82) is 0 Å². The molecule has 2 aromatic carbocycles. The standard InChI is InChI=1S/C21H22N2OS2/c1-3-14-25-18-13-9-8-12-16(18)20(24)23-21-22-19(17(4-2)26-21)15-10-6-5-7-11-15/h5-13H,3-4,14H2,1-2H3,(H,22,23,24). The molecule has 0 radical (unpaired) electrons. The Morgan fingerprint density at radius 2 is 1.81 bits per heavy atom. The van der Waals surface area contributed by atoms with E-state index in [0.717, 1.165) is 34.7 Å². The molecule has 3 rings (SSSR count). The molecule has 0 unspecified atom stereocenters. The largest absolute Gasteiger partial charge is 0.298 e. The van der Waals surface area contributed by atoms with Crippen LogP contribution in [0.25, 0.3) is 11.3 Å². The molecular weight excluding hydrogens is 360 g/mol. The van der Waals surface area contributed by atoms with E-state index in [2.05, 4.69) is 36.3 Å². The lowest BCUT2D eigenvalue weighted by molar-refractivity contribution is 0.102. The first-order valence-corrected chi connectivity index (χ1v) is 10.6. The number of nitrogens with one attached hydrogen (secondary N) is 1. The Balaban J connectivity index is 1.84. The lowest BCUT2D eigenvalue weighted by atomic mass is 10.1. The lowest BCUT2D eigenvalue weighted by Crippen LogP contribution is -2.12. The van der Waals surface area contributed by atoms with Gasteiger partial charge in [0.15, 0.2) is 5.13 Å². The van der Waals surface area contributed by atoms with E-state index in [4.69, 9.17) is 0 Å². The Hall–Kier alpha value is -2.11. The van der Waals surface area contributed by atoms with Crippen molar-refractivity contribution in [2.45, 2.75) is 31.6 Å². The van der Waals surface area contributed by atoms with Crippen LogP contribution in [-0.4, -0.2) is 16.6 Å². The van der Waals surface area contributed by atoms with Gasteiger partial charge in [0.2, 0.25) is 0 Å². The zero-order valence-corrected chi connectivity index (χ0v) is 16.6. The number of nitrogens with zero attached hydrogens (tertiary/aromatic N) is 1. The molecule has 0 atom stereocenters. The fourth-order valence-electron chi connectivity index (χ4n) is 2.62. The first-order chi connectivity index (χ1) is 12.7. The van der Waals surface area contributed by atoms with Gasteiger partial charge in [-0.2, -0.15) is 0 Å². The second kappa shape index (κ2) is 9.01. The Kier molecular flexibility index (Phi) is 6.47. The number of carbonyl (C=O) groups excluding carboxylic acids is 1. The minimum atomic E-state index is -0.0970. The van der Waals surface area contributed by atoms with Gasteiger partial charge in [0, 0.05) is 15.3 Å². The summed E-state index contributed by atoms with van der Waals surface area (Å²) in [6.07, 6.45) is 1.97. The van der Waals surface area contributed by atoms with E-state index >= 15 is 0 Å². The van der Waals surface area contributed by atoms with Crippen molar-refractivity contribution in [3.8, 4) is 11.3 Å². The molecule has 0 aliphatic heterocycles. The van der Waals surface area contributed by atoms with Gasteiger partial charge < -0.3 is 0 Å². The quantitative estimate of drug-likeness (QED) is 0.500. The molecule has 0 bridgehead atoms. The summed E-state index contributed by atoms with van der Waals surface area (Å²) >= 11 is 3.27. The van der Waals surface area contributed by atoms with E-state index in [1.807, 2.05) is 42.5 Å². The van der Waals surface area contributed by atoms with Crippen LogP contribution in [-0.2, 0) is 6.42 Å². The maximum Gasteiger partial charge on any atom is 0.258 e. The number of benzene rings is 2. The highest BCUT2D eigenvalue weighted by atomic mass is 32.2. The fraction of sp³-hybridized carbons (Fsp3) is 0.238. The third kappa shape index (κ3) is 4.34. The number of thioether (sulfide) groups is 1. The Bertz CT molecular complexity index is 875. The number of hydrogen-bond acceptors (Lipinski definition) is 4. The molecule has 0 fully saturated rings. The minimum Gasteiger partial charge on any atom is -0.298 e. The Morgan fingerprint density at radius 3 is 2.54 bits per heavy atom. The number of thiazole rings is 1. The average Bonchev–Trinajstić information content (AvgIpc) is 3.10. The number of anilines is 1. The smallest absolute Gasteiger partial charge is 0.258 e. The van der Waals surface area contributed by atoms with E-state index in [-0.39, 0.29) is 5.91 Å². The SMILES string of the molecule is CCCSc1ccccc1C(=O)Nc1nc(-c2ccccc2)c(CC)s1. The maximum atomic E-state index is 12.8. The second-order valence-electron chi connectivity index (χ2n) is 5.81. The summed E-state index contributed by atoms with van der Waals surface area (Å²) in [5.74, 6) is 0.903. The number of rotatable bonds is 7. The van der Waals surface area contributed by atoms with Crippen LogP contribution in [0.4, 0.5) is 5.13 Å². The van der Waals surface area contributed by atoms with Crippen LogP contribution in [0, 0.1) is 0 Å². The summed E-state index contributed by atoms with van der Waals surface area (Å²) in [4.78, 5) is 19.7. The van der Waals surface area contributed by atoms with Crippen LogP contribution < -0.4 is 5.32 Å². The Labute approximate surface area is 162 Å². The van der Waals surface area contributed by atoms with Gasteiger partial charge in [-0.15, -0.1) is 23.1 Å². The zero-order valence-electron chi connectivity index (χ0n) is 15.0. The van der Waals surface area contributed by atoms with Crippen molar-refractivity contribution in [1.82, 2.24) is 4.98 Å². The van der Waals surface area contributed by atoms with E-state index in [0.29, 0.717) is 10.7 Å². The maximum absolute atomic E-state index is 12.8. The van der Waals surface area contributed by atoms with E-state index < -0.39 is 0 Å². The molecule has 134 valence electrons. The molecular formula is C21H22N2OS2. The van der Waals surface area contributed by atoms with Crippen LogP contribution in [0.15, 0.2) is 59.5 Å². The van der Waals surface area contributed by atoms with Crippen molar-refractivity contribution >= 4 is 34.1 Å². The number of hydrogen-bond donors (Lipinski definition) is 1.